The summed E-state index contributed by atoms with van der Waals surface area (Å²) in [6.45, 7) is 6.88. The van der Waals surface area contributed by atoms with Crippen LogP contribution in [0.3, 0.4) is 0 Å². The lowest BCUT2D eigenvalue weighted by molar-refractivity contribution is -0.121. The van der Waals surface area contributed by atoms with E-state index in [0.29, 0.717) is 6.04 Å². The van der Waals surface area contributed by atoms with Gasteiger partial charge in [-0.05, 0) is 31.9 Å². The number of piperidine rings is 1. The van der Waals surface area contributed by atoms with Gasteiger partial charge in [0.25, 0.3) is 0 Å². The Kier molecular flexibility index (Phi) is 3.97. The van der Waals surface area contributed by atoms with Crippen molar-refractivity contribution in [2.45, 2.75) is 45.7 Å². The predicted octanol–water partition coefficient (Wildman–Crippen LogP) is 1.88. The smallest absolute Gasteiger partial charge is 0.244 e. The second kappa shape index (κ2) is 5.48. The molecule has 4 nitrogen and oxygen atoms in total. The summed E-state index contributed by atoms with van der Waals surface area (Å²) < 4.78 is 0. The lowest BCUT2D eigenvalue weighted by Crippen LogP contribution is -2.52. The van der Waals surface area contributed by atoms with Gasteiger partial charge in [0, 0.05) is 18.8 Å². The van der Waals surface area contributed by atoms with Gasteiger partial charge in [-0.3, -0.25) is 9.78 Å². The Hall–Kier alpha value is -1.42. The molecule has 2 heterocycles. The van der Waals surface area contributed by atoms with Crippen LogP contribution in [-0.4, -0.2) is 29.5 Å². The number of nitrogens with one attached hydrogen (secondary N) is 1. The van der Waals surface area contributed by atoms with E-state index in [1.54, 1.807) is 6.20 Å². The number of aromatic nitrogens is 1. The van der Waals surface area contributed by atoms with Gasteiger partial charge in [-0.2, -0.15) is 0 Å². The summed E-state index contributed by atoms with van der Waals surface area (Å²) in [6, 6.07) is 4.12. The van der Waals surface area contributed by atoms with E-state index in [-0.39, 0.29) is 11.9 Å². The molecular formula is C14H21N3O. The average Bonchev–Trinajstić information content (AvgIpc) is 2.32. The molecule has 18 heavy (non-hydrogen) atoms. The first-order valence-electron chi connectivity index (χ1n) is 6.58. The minimum absolute atomic E-state index is 0.0571. The molecule has 0 spiro atoms. The third-order valence-electron chi connectivity index (χ3n) is 3.24. The van der Waals surface area contributed by atoms with E-state index in [0.717, 1.165) is 30.8 Å². The highest BCUT2D eigenvalue weighted by Gasteiger charge is 2.30. The molecule has 1 unspecified atom stereocenters. The summed E-state index contributed by atoms with van der Waals surface area (Å²) in [5.74, 6) is 0.172. The van der Waals surface area contributed by atoms with E-state index >= 15 is 0 Å². The molecule has 0 bridgehead atoms. The zero-order chi connectivity index (χ0) is 13.1. The Labute approximate surface area is 108 Å². The largest absolute Gasteiger partial charge is 0.309 e. The molecule has 0 aliphatic carbocycles. The Morgan fingerprint density at radius 1 is 1.50 bits per heavy atom. The van der Waals surface area contributed by atoms with Crippen molar-refractivity contribution in [3.8, 4) is 0 Å². The number of carbonyl (C=O) groups excluding carboxylic acids is 1. The lowest BCUT2D eigenvalue weighted by Gasteiger charge is -2.34. The predicted molar refractivity (Wildman–Crippen MR) is 72.6 cm³/mol. The molecule has 0 radical (unpaired) electrons. The van der Waals surface area contributed by atoms with E-state index in [9.17, 15) is 4.79 Å². The number of nitrogens with zero attached hydrogens (tertiary/aromatic N) is 2. The maximum absolute atomic E-state index is 12.4. The van der Waals surface area contributed by atoms with Gasteiger partial charge in [0.1, 0.15) is 0 Å². The summed E-state index contributed by atoms with van der Waals surface area (Å²) in [7, 11) is 0. The Bertz CT molecular complexity index is 431. The zero-order valence-corrected chi connectivity index (χ0v) is 11.3. The van der Waals surface area contributed by atoms with Crippen molar-refractivity contribution < 1.29 is 4.79 Å². The van der Waals surface area contributed by atoms with Crippen LogP contribution in [0.5, 0.6) is 0 Å². The zero-order valence-electron chi connectivity index (χ0n) is 11.3. The van der Waals surface area contributed by atoms with E-state index in [1.165, 1.54) is 0 Å². The fraction of sp³-hybridized carbons (Fsp3) is 0.571. The standard InChI is InChI=1S/C14H21N3O/c1-10(2)16-12-6-5-9-17(14(12)18)13-7-4-8-15-11(13)3/h4,7-8,10,12,16H,5-6,9H2,1-3H3. The van der Waals surface area contributed by atoms with E-state index in [4.69, 9.17) is 0 Å². The molecule has 1 N–H and O–H groups in total. The summed E-state index contributed by atoms with van der Waals surface area (Å²) in [5, 5.41) is 3.34. The molecule has 0 saturated carbocycles. The number of pyridine rings is 1. The van der Waals surface area contributed by atoms with Crippen LogP contribution < -0.4 is 10.2 Å². The van der Waals surface area contributed by atoms with Crippen LogP contribution in [0.2, 0.25) is 0 Å². The van der Waals surface area contributed by atoms with Crippen LogP contribution in [-0.2, 0) is 4.79 Å². The van der Waals surface area contributed by atoms with Crippen LogP contribution in [0.4, 0.5) is 5.69 Å². The highest BCUT2D eigenvalue weighted by molar-refractivity contribution is 5.98. The number of carbonyl (C=O) groups is 1. The number of amides is 1. The average molecular weight is 247 g/mol. The minimum Gasteiger partial charge on any atom is -0.309 e. The van der Waals surface area contributed by atoms with Gasteiger partial charge in [0.2, 0.25) is 5.91 Å². The quantitative estimate of drug-likeness (QED) is 0.887. The Morgan fingerprint density at radius 2 is 2.28 bits per heavy atom. The monoisotopic (exact) mass is 247 g/mol. The number of aryl methyl sites for hydroxylation is 1. The summed E-state index contributed by atoms with van der Waals surface area (Å²) >= 11 is 0. The molecule has 1 aromatic heterocycles. The number of anilines is 1. The van der Waals surface area contributed by atoms with Gasteiger partial charge in [-0.15, -0.1) is 0 Å². The van der Waals surface area contributed by atoms with Crippen LogP contribution in [0, 0.1) is 6.92 Å². The first kappa shape index (κ1) is 13.0. The molecule has 2 rings (SSSR count). The van der Waals surface area contributed by atoms with Crippen LogP contribution >= 0.6 is 0 Å². The Morgan fingerprint density at radius 3 is 2.94 bits per heavy atom. The van der Waals surface area contributed by atoms with Gasteiger partial charge in [0.15, 0.2) is 0 Å². The van der Waals surface area contributed by atoms with Crippen LogP contribution in [0.15, 0.2) is 18.3 Å². The molecule has 0 aromatic carbocycles. The molecule has 1 amide bonds. The second-order valence-corrected chi connectivity index (χ2v) is 5.11. The molecule has 4 heteroatoms. The SMILES string of the molecule is Cc1ncccc1N1CCCC(NC(C)C)C1=O. The van der Waals surface area contributed by atoms with Crippen molar-refractivity contribution in [2.24, 2.45) is 0 Å². The highest BCUT2D eigenvalue weighted by Crippen LogP contribution is 2.23. The summed E-state index contributed by atoms with van der Waals surface area (Å²) in [5.41, 5.74) is 1.86. The first-order chi connectivity index (χ1) is 8.59. The highest BCUT2D eigenvalue weighted by atomic mass is 16.2. The van der Waals surface area contributed by atoms with E-state index in [2.05, 4.69) is 24.1 Å². The van der Waals surface area contributed by atoms with Gasteiger partial charge in [-0.1, -0.05) is 13.8 Å². The van der Waals surface area contributed by atoms with Crippen molar-refractivity contribution in [3.63, 3.8) is 0 Å². The molecule has 1 saturated heterocycles. The van der Waals surface area contributed by atoms with Crippen molar-refractivity contribution in [1.82, 2.24) is 10.3 Å². The lowest BCUT2D eigenvalue weighted by atomic mass is 10.0. The molecular weight excluding hydrogens is 226 g/mol. The third kappa shape index (κ3) is 2.70. The molecule has 1 aromatic rings. The maximum atomic E-state index is 12.4. The van der Waals surface area contributed by atoms with Crippen LogP contribution in [0.25, 0.3) is 0 Å². The third-order valence-corrected chi connectivity index (χ3v) is 3.24. The maximum Gasteiger partial charge on any atom is 0.244 e. The minimum atomic E-state index is -0.0571. The van der Waals surface area contributed by atoms with Crippen molar-refractivity contribution in [3.05, 3.63) is 24.0 Å². The van der Waals surface area contributed by atoms with Crippen molar-refractivity contribution in [2.75, 3.05) is 11.4 Å². The van der Waals surface area contributed by atoms with Gasteiger partial charge in [-0.25, -0.2) is 0 Å². The van der Waals surface area contributed by atoms with Gasteiger partial charge >= 0.3 is 0 Å². The van der Waals surface area contributed by atoms with Gasteiger partial charge < -0.3 is 10.2 Å². The van der Waals surface area contributed by atoms with Crippen molar-refractivity contribution >= 4 is 11.6 Å². The summed E-state index contributed by atoms with van der Waals surface area (Å²) in [6.07, 6.45) is 3.72. The topological polar surface area (TPSA) is 45.2 Å². The number of hydrogen-bond acceptors (Lipinski definition) is 3. The second-order valence-electron chi connectivity index (χ2n) is 5.11. The van der Waals surface area contributed by atoms with E-state index < -0.39 is 0 Å². The summed E-state index contributed by atoms with van der Waals surface area (Å²) in [4.78, 5) is 18.6. The molecule has 1 fully saturated rings. The molecule has 1 aliphatic rings. The number of hydrogen-bond donors (Lipinski definition) is 1. The van der Waals surface area contributed by atoms with E-state index in [1.807, 2.05) is 24.0 Å². The number of rotatable bonds is 3. The molecule has 1 atom stereocenters. The fourth-order valence-corrected chi connectivity index (χ4v) is 2.43. The van der Waals surface area contributed by atoms with Crippen molar-refractivity contribution in [1.29, 1.82) is 0 Å². The Balaban J connectivity index is 2.19. The normalized spacial score (nSPS) is 20.6. The molecule has 98 valence electrons. The van der Waals surface area contributed by atoms with Gasteiger partial charge in [0.05, 0.1) is 17.4 Å². The first-order valence-corrected chi connectivity index (χ1v) is 6.58. The van der Waals surface area contributed by atoms with Crippen LogP contribution in [0.1, 0.15) is 32.4 Å². The molecule has 1 aliphatic heterocycles. The fourth-order valence-electron chi connectivity index (χ4n) is 2.43.